The molecule has 0 bridgehead atoms. The van der Waals surface area contributed by atoms with E-state index in [4.69, 9.17) is 0 Å². The van der Waals surface area contributed by atoms with Gasteiger partial charge in [0.25, 0.3) is 0 Å². The Hall–Kier alpha value is -0.120. The maximum Gasteiger partial charge on any atom is 0.0309 e. The molecule has 0 radical (unpaired) electrons. The first-order chi connectivity index (χ1) is 10.1. The molecule has 3 nitrogen and oxygen atoms in total. The van der Waals surface area contributed by atoms with Crippen LogP contribution < -0.4 is 5.32 Å². The highest BCUT2D eigenvalue weighted by Gasteiger charge is 2.43. The summed E-state index contributed by atoms with van der Waals surface area (Å²) in [5, 5.41) is 3.99. The Morgan fingerprint density at radius 2 is 1.71 bits per heavy atom. The highest BCUT2D eigenvalue weighted by Crippen LogP contribution is 2.35. The van der Waals surface area contributed by atoms with E-state index in [1.165, 1.54) is 71.1 Å². The summed E-state index contributed by atoms with van der Waals surface area (Å²) in [6, 6.07) is 1.57. The molecule has 122 valence electrons. The summed E-state index contributed by atoms with van der Waals surface area (Å²) in [5.41, 5.74) is 0.451. The zero-order valence-corrected chi connectivity index (χ0v) is 14.4. The number of piperazine rings is 1. The fraction of sp³-hybridized carbons (Fsp3) is 1.00. The molecule has 1 N–H and O–H groups in total. The standard InChI is InChI=1S/C18H35N3/c1-15(2)17-13-19-18(9-5-4-6-10-18)14-21(17)16-7-11-20(3)12-8-16/h15-17,19H,4-14H2,1-3H3. The molecule has 1 aliphatic carbocycles. The number of hydrogen-bond acceptors (Lipinski definition) is 3. The van der Waals surface area contributed by atoms with Crippen LogP contribution in [0, 0.1) is 5.92 Å². The van der Waals surface area contributed by atoms with Gasteiger partial charge in [-0.1, -0.05) is 33.1 Å². The van der Waals surface area contributed by atoms with E-state index in [1.54, 1.807) is 0 Å². The Bertz CT molecular complexity index is 327. The highest BCUT2D eigenvalue weighted by molar-refractivity contribution is 5.02. The lowest BCUT2D eigenvalue weighted by molar-refractivity contribution is -0.0112. The van der Waals surface area contributed by atoms with Gasteiger partial charge < -0.3 is 10.2 Å². The summed E-state index contributed by atoms with van der Waals surface area (Å²) in [7, 11) is 2.27. The lowest BCUT2D eigenvalue weighted by atomic mass is 9.77. The van der Waals surface area contributed by atoms with Crippen molar-refractivity contribution in [1.82, 2.24) is 15.1 Å². The maximum absolute atomic E-state index is 3.99. The van der Waals surface area contributed by atoms with Crippen LogP contribution in [0.1, 0.15) is 58.8 Å². The van der Waals surface area contributed by atoms with Crippen LogP contribution in [-0.4, -0.2) is 60.6 Å². The molecule has 1 atom stereocenters. The Balaban J connectivity index is 1.71. The van der Waals surface area contributed by atoms with Gasteiger partial charge in [-0.3, -0.25) is 4.90 Å². The molecule has 0 amide bonds. The van der Waals surface area contributed by atoms with Crippen molar-refractivity contribution < 1.29 is 0 Å². The van der Waals surface area contributed by atoms with Crippen molar-refractivity contribution in [3.63, 3.8) is 0 Å². The van der Waals surface area contributed by atoms with Crippen LogP contribution in [0.25, 0.3) is 0 Å². The van der Waals surface area contributed by atoms with E-state index in [0.717, 1.165) is 18.0 Å². The third-order valence-electron chi connectivity index (χ3n) is 6.33. The molecular weight excluding hydrogens is 258 g/mol. The van der Waals surface area contributed by atoms with Crippen molar-refractivity contribution >= 4 is 0 Å². The Morgan fingerprint density at radius 1 is 1.05 bits per heavy atom. The molecule has 2 saturated heterocycles. The zero-order chi connectivity index (χ0) is 14.9. The molecular formula is C18H35N3. The topological polar surface area (TPSA) is 18.5 Å². The Kier molecular flexibility index (Phi) is 4.92. The van der Waals surface area contributed by atoms with Gasteiger partial charge >= 0.3 is 0 Å². The van der Waals surface area contributed by atoms with E-state index in [-0.39, 0.29) is 0 Å². The second-order valence-corrected chi connectivity index (χ2v) is 8.24. The lowest BCUT2D eigenvalue weighted by Gasteiger charge is -2.54. The molecule has 3 fully saturated rings. The third-order valence-corrected chi connectivity index (χ3v) is 6.33. The van der Waals surface area contributed by atoms with Crippen LogP contribution in [0.4, 0.5) is 0 Å². The quantitative estimate of drug-likeness (QED) is 0.844. The summed E-state index contributed by atoms with van der Waals surface area (Å²) in [6.45, 7) is 9.91. The van der Waals surface area contributed by atoms with Crippen LogP contribution in [0.2, 0.25) is 0 Å². The number of likely N-dealkylation sites (tertiary alicyclic amines) is 1. The van der Waals surface area contributed by atoms with Crippen LogP contribution in [0.3, 0.4) is 0 Å². The lowest BCUT2D eigenvalue weighted by Crippen LogP contribution is -2.68. The number of piperidine rings is 1. The number of hydrogen-bond donors (Lipinski definition) is 1. The van der Waals surface area contributed by atoms with E-state index in [9.17, 15) is 0 Å². The molecule has 1 unspecified atom stereocenters. The summed E-state index contributed by atoms with van der Waals surface area (Å²) >= 11 is 0. The Labute approximate surface area is 131 Å². The molecule has 3 rings (SSSR count). The molecule has 2 heterocycles. The summed E-state index contributed by atoms with van der Waals surface area (Å²) in [6.07, 6.45) is 9.86. The van der Waals surface area contributed by atoms with Gasteiger partial charge in [-0.25, -0.2) is 0 Å². The van der Waals surface area contributed by atoms with Crippen LogP contribution >= 0.6 is 0 Å². The van der Waals surface area contributed by atoms with Crippen molar-refractivity contribution in [2.75, 3.05) is 33.2 Å². The van der Waals surface area contributed by atoms with Gasteiger partial charge in [-0.05, 0) is 51.7 Å². The number of rotatable bonds is 2. The Morgan fingerprint density at radius 3 is 2.33 bits per heavy atom. The van der Waals surface area contributed by atoms with Crippen molar-refractivity contribution in [1.29, 1.82) is 0 Å². The fourth-order valence-electron chi connectivity index (χ4n) is 4.87. The van der Waals surface area contributed by atoms with E-state index in [1.807, 2.05) is 0 Å². The van der Waals surface area contributed by atoms with Crippen LogP contribution in [-0.2, 0) is 0 Å². The largest absolute Gasteiger partial charge is 0.308 e. The minimum atomic E-state index is 0.451. The molecule has 1 saturated carbocycles. The fourth-order valence-corrected chi connectivity index (χ4v) is 4.87. The van der Waals surface area contributed by atoms with E-state index >= 15 is 0 Å². The predicted octanol–water partition coefficient (Wildman–Crippen LogP) is 2.71. The molecule has 21 heavy (non-hydrogen) atoms. The normalized spacial score (nSPS) is 32.9. The van der Waals surface area contributed by atoms with Gasteiger partial charge in [0.15, 0.2) is 0 Å². The molecule has 3 aliphatic rings. The first kappa shape index (κ1) is 15.8. The summed E-state index contributed by atoms with van der Waals surface area (Å²) < 4.78 is 0. The number of nitrogens with zero attached hydrogens (tertiary/aromatic N) is 2. The van der Waals surface area contributed by atoms with E-state index in [0.29, 0.717) is 5.54 Å². The smallest absolute Gasteiger partial charge is 0.0309 e. The van der Waals surface area contributed by atoms with Gasteiger partial charge in [0.1, 0.15) is 0 Å². The van der Waals surface area contributed by atoms with Gasteiger partial charge in [-0.2, -0.15) is 0 Å². The van der Waals surface area contributed by atoms with Gasteiger partial charge in [0.05, 0.1) is 0 Å². The maximum atomic E-state index is 3.99. The average molecular weight is 293 g/mol. The van der Waals surface area contributed by atoms with Crippen LogP contribution in [0.15, 0.2) is 0 Å². The van der Waals surface area contributed by atoms with E-state index in [2.05, 4.69) is 36.0 Å². The third kappa shape index (κ3) is 3.46. The highest BCUT2D eigenvalue weighted by atomic mass is 15.3. The molecule has 3 heteroatoms. The van der Waals surface area contributed by atoms with Crippen molar-refractivity contribution in [3.8, 4) is 0 Å². The predicted molar refractivity (Wildman–Crippen MR) is 89.7 cm³/mol. The monoisotopic (exact) mass is 293 g/mol. The van der Waals surface area contributed by atoms with Gasteiger partial charge in [-0.15, -0.1) is 0 Å². The molecule has 0 aromatic heterocycles. The SMILES string of the molecule is CC(C)C1CNC2(CCCCC2)CN1C1CCN(C)CC1. The number of nitrogens with one attached hydrogen (secondary N) is 1. The van der Waals surface area contributed by atoms with Gasteiger partial charge in [0.2, 0.25) is 0 Å². The van der Waals surface area contributed by atoms with Gasteiger partial charge in [0, 0.05) is 30.7 Å². The van der Waals surface area contributed by atoms with Crippen molar-refractivity contribution in [2.24, 2.45) is 5.92 Å². The van der Waals surface area contributed by atoms with E-state index < -0.39 is 0 Å². The zero-order valence-electron chi connectivity index (χ0n) is 14.4. The van der Waals surface area contributed by atoms with Crippen LogP contribution in [0.5, 0.6) is 0 Å². The minimum absolute atomic E-state index is 0.451. The molecule has 1 spiro atoms. The first-order valence-electron chi connectivity index (χ1n) is 9.29. The van der Waals surface area contributed by atoms with Crippen molar-refractivity contribution in [3.05, 3.63) is 0 Å². The molecule has 2 aliphatic heterocycles. The summed E-state index contributed by atoms with van der Waals surface area (Å²) in [4.78, 5) is 5.43. The van der Waals surface area contributed by atoms with Crippen molar-refractivity contribution in [2.45, 2.75) is 76.4 Å². The second-order valence-electron chi connectivity index (χ2n) is 8.24. The second kappa shape index (κ2) is 6.55. The molecule has 0 aromatic carbocycles. The summed E-state index contributed by atoms with van der Waals surface area (Å²) in [5.74, 6) is 0.762. The minimum Gasteiger partial charge on any atom is -0.308 e. The average Bonchev–Trinajstić information content (AvgIpc) is 2.48. The molecule has 0 aromatic rings. The first-order valence-corrected chi connectivity index (χ1v) is 9.29.